The smallest absolute Gasteiger partial charge is 0.249 e. The Morgan fingerprint density at radius 3 is 2.67 bits per heavy atom. The van der Waals surface area contributed by atoms with Crippen molar-refractivity contribution in [3.8, 4) is 11.3 Å². The van der Waals surface area contributed by atoms with Crippen molar-refractivity contribution in [3.63, 3.8) is 0 Å². The number of sulfone groups is 1. The molecule has 0 unspecified atom stereocenters. The lowest BCUT2D eigenvalue weighted by Gasteiger charge is -2.07. The fraction of sp³-hybridized carbons (Fsp3) is 0.143. The van der Waals surface area contributed by atoms with Gasteiger partial charge in [-0.1, -0.05) is 6.07 Å². The van der Waals surface area contributed by atoms with Gasteiger partial charge < -0.3 is 10.3 Å². The molecule has 6 nitrogen and oxygen atoms in total. The van der Waals surface area contributed by atoms with Crippen LogP contribution in [0.15, 0.2) is 41.7 Å². The highest BCUT2D eigenvalue weighted by Gasteiger charge is 2.15. The molecule has 2 heterocycles. The van der Waals surface area contributed by atoms with Crippen LogP contribution in [0, 0.1) is 0 Å². The number of anilines is 1. The van der Waals surface area contributed by atoms with Crippen LogP contribution in [-0.4, -0.2) is 36.7 Å². The summed E-state index contributed by atoms with van der Waals surface area (Å²) >= 11 is 0. The first-order chi connectivity index (χ1) is 9.97. The van der Waals surface area contributed by atoms with Gasteiger partial charge in [0.2, 0.25) is 15.0 Å². The van der Waals surface area contributed by atoms with Crippen molar-refractivity contribution in [2.24, 2.45) is 0 Å². The zero-order valence-corrected chi connectivity index (χ0v) is 12.4. The molecule has 3 rings (SSSR count). The maximum atomic E-state index is 11.7. The first kappa shape index (κ1) is 13.6. The molecule has 0 spiro atoms. The first-order valence-electron chi connectivity index (χ1n) is 6.32. The minimum atomic E-state index is -3.47. The van der Waals surface area contributed by atoms with Crippen molar-refractivity contribution in [1.29, 1.82) is 0 Å². The van der Waals surface area contributed by atoms with Crippen molar-refractivity contribution in [3.05, 3.63) is 36.5 Å². The molecule has 0 aliphatic carbocycles. The third-order valence-corrected chi connectivity index (χ3v) is 3.99. The van der Waals surface area contributed by atoms with E-state index in [1.54, 1.807) is 13.1 Å². The summed E-state index contributed by atoms with van der Waals surface area (Å²) in [5.41, 5.74) is 2.42. The second-order valence-electron chi connectivity index (χ2n) is 4.72. The number of hydrogen-bond acceptors (Lipinski definition) is 5. The van der Waals surface area contributed by atoms with Crippen LogP contribution >= 0.6 is 0 Å². The fourth-order valence-electron chi connectivity index (χ4n) is 2.08. The van der Waals surface area contributed by atoms with Crippen molar-refractivity contribution in [1.82, 2.24) is 15.0 Å². The third-order valence-electron chi connectivity index (χ3n) is 3.14. The van der Waals surface area contributed by atoms with E-state index in [0.29, 0.717) is 11.5 Å². The Morgan fingerprint density at radius 2 is 1.95 bits per heavy atom. The maximum absolute atomic E-state index is 11.7. The minimum Gasteiger partial charge on any atom is -0.373 e. The highest BCUT2D eigenvalue weighted by molar-refractivity contribution is 7.90. The zero-order chi connectivity index (χ0) is 15.0. The van der Waals surface area contributed by atoms with Crippen molar-refractivity contribution < 1.29 is 8.42 Å². The van der Waals surface area contributed by atoms with Gasteiger partial charge in [-0.25, -0.2) is 18.4 Å². The average molecular weight is 302 g/mol. The topological polar surface area (TPSA) is 87.7 Å². The summed E-state index contributed by atoms with van der Waals surface area (Å²) in [5, 5.41) is 3.72. The van der Waals surface area contributed by atoms with Crippen LogP contribution in [0.1, 0.15) is 0 Å². The lowest BCUT2D eigenvalue weighted by molar-refractivity contribution is 0.593. The Labute approximate surface area is 122 Å². The first-order valence-corrected chi connectivity index (χ1v) is 8.21. The highest BCUT2D eigenvalue weighted by Crippen LogP contribution is 2.24. The molecule has 2 aromatic heterocycles. The summed E-state index contributed by atoms with van der Waals surface area (Å²) in [7, 11) is -1.78. The monoisotopic (exact) mass is 302 g/mol. The molecule has 0 aliphatic rings. The molecule has 21 heavy (non-hydrogen) atoms. The van der Waals surface area contributed by atoms with Gasteiger partial charge in [-0.3, -0.25) is 0 Å². The van der Waals surface area contributed by atoms with Crippen LogP contribution in [0.3, 0.4) is 0 Å². The Morgan fingerprint density at radius 1 is 1.14 bits per heavy atom. The summed E-state index contributed by atoms with van der Waals surface area (Å²) in [5.74, 6) is 0.467. The van der Waals surface area contributed by atoms with E-state index in [1.165, 1.54) is 0 Å². The number of H-pyrrole nitrogens is 1. The Hall–Kier alpha value is -2.41. The van der Waals surface area contributed by atoms with Gasteiger partial charge in [0.05, 0.1) is 5.69 Å². The molecule has 3 aromatic rings. The Kier molecular flexibility index (Phi) is 3.13. The Balaban J connectivity index is 2.20. The van der Waals surface area contributed by atoms with E-state index in [1.807, 2.05) is 30.5 Å². The number of nitrogens with one attached hydrogen (secondary N) is 2. The van der Waals surface area contributed by atoms with Gasteiger partial charge >= 0.3 is 0 Å². The van der Waals surface area contributed by atoms with E-state index in [-0.39, 0.29) is 5.16 Å². The van der Waals surface area contributed by atoms with Crippen LogP contribution in [0.4, 0.5) is 5.82 Å². The summed E-state index contributed by atoms with van der Waals surface area (Å²) in [6.45, 7) is 0. The molecule has 0 atom stereocenters. The molecule has 0 radical (unpaired) electrons. The van der Waals surface area contributed by atoms with Gasteiger partial charge in [-0.2, -0.15) is 0 Å². The molecule has 0 bridgehead atoms. The molecule has 108 valence electrons. The van der Waals surface area contributed by atoms with Gasteiger partial charge in [0.25, 0.3) is 0 Å². The van der Waals surface area contributed by atoms with Crippen LogP contribution in [0.2, 0.25) is 0 Å². The van der Waals surface area contributed by atoms with Crippen molar-refractivity contribution in [2.45, 2.75) is 5.16 Å². The lowest BCUT2D eigenvalue weighted by Crippen LogP contribution is -2.07. The van der Waals surface area contributed by atoms with Gasteiger partial charge in [0.15, 0.2) is 0 Å². The zero-order valence-electron chi connectivity index (χ0n) is 11.6. The molecule has 0 saturated carbocycles. The SMILES string of the molecule is CNc1cc(-c2ccc3[nH]ccc3c2)nc(S(C)(=O)=O)n1. The van der Waals surface area contributed by atoms with E-state index in [4.69, 9.17) is 0 Å². The summed E-state index contributed by atoms with van der Waals surface area (Å²) in [6, 6.07) is 9.47. The lowest BCUT2D eigenvalue weighted by atomic mass is 10.1. The molecule has 0 saturated heterocycles. The number of aromatic amines is 1. The second kappa shape index (κ2) is 4.85. The molecule has 1 aromatic carbocycles. The standard InChI is InChI=1S/C14H14N4O2S/c1-15-13-8-12(17-14(18-13)21(2,19)20)9-3-4-11-10(7-9)5-6-16-11/h3-8,16H,1-2H3,(H,15,17,18). The molecule has 0 amide bonds. The van der Waals surface area contributed by atoms with E-state index >= 15 is 0 Å². The average Bonchev–Trinajstić information content (AvgIpc) is 2.93. The Bertz CT molecular complexity index is 916. The predicted octanol–water partition coefficient (Wildman–Crippen LogP) is 2.07. The van der Waals surface area contributed by atoms with E-state index in [9.17, 15) is 8.42 Å². The normalized spacial score (nSPS) is 11.7. The van der Waals surface area contributed by atoms with E-state index in [0.717, 1.165) is 22.7 Å². The number of hydrogen-bond donors (Lipinski definition) is 2. The molecule has 0 fully saturated rings. The molecule has 0 aliphatic heterocycles. The molecule has 7 heteroatoms. The maximum Gasteiger partial charge on any atom is 0.249 e. The van der Waals surface area contributed by atoms with Crippen LogP contribution in [-0.2, 0) is 9.84 Å². The quantitative estimate of drug-likeness (QED) is 0.723. The number of fused-ring (bicyclic) bond motifs is 1. The number of rotatable bonds is 3. The number of aromatic nitrogens is 3. The molecule has 2 N–H and O–H groups in total. The van der Waals surface area contributed by atoms with Crippen molar-refractivity contribution in [2.75, 3.05) is 18.6 Å². The van der Waals surface area contributed by atoms with Gasteiger partial charge in [0.1, 0.15) is 5.82 Å². The molecular formula is C14H14N4O2S. The van der Waals surface area contributed by atoms with Crippen LogP contribution < -0.4 is 5.32 Å². The van der Waals surface area contributed by atoms with Crippen LogP contribution in [0.5, 0.6) is 0 Å². The van der Waals surface area contributed by atoms with Crippen molar-refractivity contribution >= 4 is 26.6 Å². The molecular weight excluding hydrogens is 288 g/mol. The largest absolute Gasteiger partial charge is 0.373 e. The van der Waals surface area contributed by atoms with E-state index < -0.39 is 9.84 Å². The van der Waals surface area contributed by atoms with E-state index in [2.05, 4.69) is 20.3 Å². The number of benzene rings is 1. The van der Waals surface area contributed by atoms with Gasteiger partial charge in [-0.05, 0) is 18.2 Å². The number of nitrogens with zero attached hydrogens (tertiary/aromatic N) is 2. The third kappa shape index (κ3) is 2.59. The summed E-state index contributed by atoms with van der Waals surface area (Å²) < 4.78 is 23.4. The van der Waals surface area contributed by atoms with Gasteiger partial charge in [-0.15, -0.1) is 0 Å². The summed E-state index contributed by atoms with van der Waals surface area (Å²) in [6.07, 6.45) is 2.95. The highest BCUT2D eigenvalue weighted by atomic mass is 32.2. The van der Waals surface area contributed by atoms with Gasteiger partial charge in [0, 0.05) is 42.0 Å². The fourth-order valence-corrected chi connectivity index (χ4v) is 2.61. The predicted molar refractivity (Wildman–Crippen MR) is 82.0 cm³/mol. The summed E-state index contributed by atoms with van der Waals surface area (Å²) in [4.78, 5) is 11.3. The minimum absolute atomic E-state index is 0.182. The van der Waals surface area contributed by atoms with Crippen LogP contribution in [0.25, 0.3) is 22.2 Å². The second-order valence-corrected chi connectivity index (χ2v) is 6.63.